The highest BCUT2D eigenvalue weighted by Crippen LogP contribution is 2.30. The molecule has 0 aromatic heterocycles. The number of ether oxygens (including phenoxy) is 1. The van der Waals surface area contributed by atoms with Crippen LogP contribution in [0.15, 0.2) is 36.4 Å². The van der Waals surface area contributed by atoms with Crippen molar-refractivity contribution in [2.45, 2.75) is 0 Å². The second-order valence-corrected chi connectivity index (χ2v) is 3.58. The van der Waals surface area contributed by atoms with Crippen LogP contribution < -0.4 is 10.5 Å². The smallest absolute Gasteiger partial charge is 0.142 e. The first-order chi connectivity index (χ1) is 8.11. The average Bonchev–Trinajstić information content (AvgIpc) is 2.30. The van der Waals surface area contributed by atoms with Crippen molar-refractivity contribution >= 4 is 5.69 Å². The Morgan fingerprint density at radius 3 is 2.47 bits per heavy atom. The minimum Gasteiger partial charge on any atom is -0.495 e. The standard InChI is InChI=1S/C13H11F2NO/c1-17-13-6-8(2-5-12(13)16)10-4-3-9(14)7-11(10)15/h2-7H,16H2,1H3. The lowest BCUT2D eigenvalue weighted by molar-refractivity contribution is 0.417. The van der Waals surface area contributed by atoms with Crippen molar-refractivity contribution in [3.63, 3.8) is 0 Å². The van der Waals surface area contributed by atoms with E-state index in [-0.39, 0.29) is 0 Å². The van der Waals surface area contributed by atoms with Gasteiger partial charge in [0.25, 0.3) is 0 Å². The number of methoxy groups -OCH3 is 1. The molecule has 0 spiro atoms. The molecule has 2 aromatic rings. The molecular weight excluding hydrogens is 224 g/mol. The summed E-state index contributed by atoms with van der Waals surface area (Å²) in [6, 6.07) is 8.34. The molecule has 0 heterocycles. The Kier molecular flexibility index (Phi) is 2.95. The van der Waals surface area contributed by atoms with Crippen molar-refractivity contribution in [3.8, 4) is 16.9 Å². The van der Waals surface area contributed by atoms with Gasteiger partial charge in [-0.25, -0.2) is 8.78 Å². The summed E-state index contributed by atoms with van der Waals surface area (Å²) in [7, 11) is 1.48. The fourth-order valence-corrected chi connectivity index (χ4v) is 1.60. The third-order valence-corrected chi connectivity index (χ3v) is 2.48. The van der Waals surface area contributed by atoms with Gasteiger partial charge in [0.2, 0.25) is 0 Å². The van der Waals surface area contributed by atoms with E-state index in [1.165, 1.54) is 19.2 Å². The van der Waals surface area contributed by atoms with Gasteiger partial charge >= 0.3 is 0 Å². The largest absolute Gasteiger partial charge is 0.495 e. The average molecular weight is 235 g/mol. The minimum absolute atomic E-state index is 0.310. The molecule has 17 heavy (non-hydrogen) atoms. The minimum atomic E-state index is -0.614. The van der Waals surface area contributed by atoms with E-state index in [4.69, 9.17) is 10.5 Å². The van der Waals surface area contributed by atoms with Gasteiger partial charge in [-0.3, -0.25) is 0 Å². The van der Waals surface area contributed by atoms with E-state index in [0.717, 1.165) is 6.07 Å². The molecule has 0 bridgehead atoms. The molecule has 2 nitrogen and oxygen atoms in total. The SMILES string of the molecule is COc1cc(-c2ccc(F)cc2F)ccc1N. The monoisotopic (exact) mass is 235 g/mol. The molecule has 2 rings (SSSR count). The lowest BCUT2D eigenvalue weighted by Crippen LogP contribution is -1.93. The molecule has 0 aliphatic carbocycles. The number of anilines is 1. The summed E-state index contributed by atoms with van der Waals surface area (Å²) in [6.45, 7) is 0. The maximum Gasteiger partial charge on any atom is 0.142 e. The number of halogens is 2. The van der Waals surface area contributed by atoms with Crippen LogP contribution in [0.5, 0.6) is 5.75 Å². The van der Waals surface area contributed by atoms with Gasteiger partial charge in [-0.1, -0.05) is 6.07 Å². The molecule has 0 unspecified atom stereocenters. The summed E-state index contributed by atoms with van der Waals surface area (Å²) in [6.07, 6.45) is 0. The van der Waals surface area contributed by atoms with Gasteiger partial charge in [0, 0.05) is 11.6 Å². The van der Waals surface area contributed by atoms with Gasteiger partial charge in [0.1, 0.15) is 17.4 Å². The van der Waals surface area contributed by atoms with E-state index in [1.54, 1.807) is 18.2 Å². The number of benzene rings is 2. The summed E-state index contributed by atoms with van der Waals surface area (Å²) in [5.74, 6) is -0.753. The third kappa shape index (κ3) is 2.20. The maximum atomic E-state index is 13.6. The number of hydrogen-bond acceptors (Lipinski definition) is 2. The molecule has 0 fully saturated rings. The van der Waals surface area contributed by atoms with E-state index < -0.39 is 11.6 Å². The second kappa shape index (κ2) is 4.41. The Balaban J connectivity index is 2.53. The first kappa shape index (κ1) is 11.4. The lowest BCUT2D eigenvalue weighted by Gasteiger charge is -2.08. The predicted octanol–water partition coefficient (Wildman–Crippen LogP) is 3.22. The van der Waals surface area contributed by atoms with Gasteiger partial charge in [-0.05, 0) is 29.8 Å². The summed E-state index contributed by atoms with van der Waals surface area (Å²) >= 11 is 0. The lowest BCUT2D eigenvalue weighted by atomic mass is 10.0. The van der Waals surface area contributed by atoms with E-state index in [0.29, 0.717) is 22.6 Å². The Morgan fingerprint density at radius 2 is 1.82 bits per heavy atom. The Bertz CT molecular complexity index is 555. The van der Waals surface area contributed by atoms with Crippen LogP contribution in [-0.4, -0.2) is 7.11 Å². The van der Waals surface area contributed by atoms with Crippen molar-refractivity contribution < 1.29 is 13.5 Å². The van der Waals surface area contributed by atoms with Crippen LogP contribution in [0, 0.1) is 11.6 Å². The first-order valence-electron chi connectivity index (χ1n) is 5.01. The van der Waals surface area contributed by atoms with Crippen molar-refractivity contribution in [3.05, 3.63) is 48.0 Å². The number of nitrogens with two attached hydrogens (primary N) is 1. The predicted molar refractivity (Wildman–Crippen MR) is 62.8 cm³/mol. The molecular formula is C13H11F2NO. The molecule has 0 radical (unpaired) electrons. The number of rotatable bonds is 2. The van der Waals surface area contributed by atoms with Crippen molar-refractivity contribution in [2.75, 3.05) is 12.8 Å². The van der Waals surface area contributed by atoms with E-state index in [2.05, 4.69) is 0 Å². The molecule has 4 heteroatoms. The van der Waals surface area contributed by atoms with Gasteiger partial charge in [-0.2, -0.15) is 0 Å². The highest BCUT2D eigenvalue weighted by molar-refractivity contribution is 5.70. The van der Waals surface area contributed by atoms with Crippen molar-refractivity contribution in [1.29, 1.82) is 0 Å². The highest BCUT2D eigenvalue weighted by atomic mass is 19.1. The molecule has 2 aromatic carbocycles. The van der Waals surface area contributed by atoms with Gasteiger partial charge < -0.3 is 10.5 Å². The van der Waals surface area contributed by atoms with Crippen LogP contribution in [0.4, 0.5) is 14.5 Å². The topological polar surface area (TPSA) is 35.2 Å². The van der Waals surface area contributed by atoms with Crippen LogP contribution in [0.2, 0.25) is 0 Å². The summed E-state index contributed by atoms with van der Waals surface area (Å²) < 4.78 is 31.4. The summed E-state index contributed by atoms with van der Waals surface area (Å²) in [4.78, 5) is 0. The molecule has 0 saturated carbocycles. The second-order valence-electron chi connectivity index (χ2n) is 3.58. The van der Waals surface area contributed by atoms with Gasteiger partial charge in [0.05, 0.1) is 12.8 Å². The maximum absolute atomic E-state index is 13.6. The van der Waals surface area contributed by atoms with Crippen LogP contribution in [0.25, 0.3) is 11.1 Å². The number of nitrogen functional groups attached to an aromatic ring is 1. The van der Waals surface area contributed by atoms with Crippen LogP contribution in [0.1, 0.15) is 0 Å². The summed E-state index contributed by atoms with van der Waals surface area (Å²) in [5, 5.41) is 0. The van der Waals surface area contributed by atoms with Gasteiger partial charge in [-0.15, -0.1) is 0 Å². The molecule has 88 valence electrons. The Hall–Kier alpha value is -2.10. The van der Waals surface area contributed by atoms with Gasteiger partial charge in [0.15, 0.2) is 0 Å². The normalized spacial score (nSPS) is 10.3. The first-order valence-corrected chi connectivity index (χ1v) is 5.01. The third-order valence-electron chi connectivity index (χ3n) is 2.48. The van der Waals surface area contributed by atoms with Crippen molar-refractivity contribution in [2.24, 2.45) is 0 Å². The molecule has 0 aliphatic heterocycles. The number of hydrogen-bond donors (Lipinski definition) is 1. The van der Waals surface area contributed by atoms with E-state index in [1.807, 2.05) is 0 Å². The van der Waals surface area contributed by atoms with Crippen LogP contribution in [0.3, 0.4) is 0 Å². The van der Waals surface area contributed by atoms with E-state index >= 15 is 0 Å². The zero-order chi connectivity index (χ0) is 12.4. The fourth-order valence-electron chi connectivity index (χ4n) is 1.60. The van der Waals surface area contributed by atoms with E-state index in [9.17, 15) is 8.78 Å². The Morgan fingerprint density at radius 1 is 1.06 bits per heavy atom. The molecule has 0 aliphatic rings. The quantitative estimate of drug-likeness (QED) is 0.811. The zero-order valence-electron chi connectivity index (χ0n) is 9.21. The fraction of sp³-hybridized carbons (Fsp3) is 0.0769. The Labute approximate surface area is 97.6 Å². The highest BCUT2D eigenvalue weighted by Gasteiger charge is 2.08. The molecule has 0 saturated heterocycles. The molecule has 0 atom stereocenters. The van der Waals surface area contributed by atoms with Crippen molar-refractivity contribution in [1.82, 2.24) is 0 Å². The van der Waals surface area contributed by atoms with Crippen LogP contribution >= 0.6 is 0 Å². The summed E-state index contributed by atoms with van der Waals surface area (Å²) in [5.41, 5.74) is 7.03. The molecule has 0 amide bonds. The van der Waals surface area contributed by atoms with Crippen LogP contribution in [-0.2, 0) is 0 Å². The molecule has 2 N–H and O–H groups in total. The zero-order valence-corrected chi connectivity index (χ0v) is 9.21.